The number of nitrogens with two attached hydrogens (primary N) is 1. The lowest BCUT2D eigenvalue weighted by Gasteiger charge is -2.42. The molecular formula is C23H23ClF6N4O. The fourth-order valence-electron chi connectivity index (χ4n) is 4.77. The minimum atomic E-state index is -5.07. The third-order valence-corrected chi connectivity index (χ3v) is 6.85. The number of nitrogens with zero attached hydrogens (tertiary/aromatic N) is 3. The summed E-state index contributed by atoms with van der Waals surface area (Å²) in [4.78, 5) is 17.8. The molecule has 2 aromatic rings. The summed E-state index contributed by atoms with van der Waals surface area (Å²) < 4.78 is 80.1. The fourth-order valence-corrected chi connectivity index (χ4v) is 5.01. The molecule has 1 unspecified atom stereocenters. The predicted molar refractivity (Wildman–Crippen MR) is 118 cm³/mol. The van der Waals surface area contributed by atoms with Crippen molar-refractivity contribution in [2.75, 3.05) is 31.2 Å². The molecule has 2 heterocycles. The van der Waals surface area contributed by atoms with E-state index >= 15 is 0 Å². The van der Waals surface area contributed by atoms with Crippen LogP contribution in [0.3, 0.4) is 0 Å². The highest BCUT2D eigenvalue weighted by Gasteiger charge is 2.41. The lowest BCUT2D eigenvalue weighted by Crippen LogP contribution is -2.55. The molecule has 4 rings (SSSR count). The summed E-state index contributed by atoms with van der Waals surface area (Å²) in [5.74, 6) is 5.06. The van der Waals surface area contributed by atoms with Crippen molar-refractivity contribution in [3.8, 4) is 0 Å². The summed E-state index contributed by atoms with van der Waals surface area (Å²) >= 11 is 6.37. The summed E-state index contributed by atoms with van der Waals surface area (Å²) in [6, 6.07) is 6.46. The van der Waals surface area contributed by atoms with Gasteiger partial charge in [0.05, 0.1) is 16.8 Å². The summed E-state index contributed by atoms with van der Waals surface area (Å²) in [5.41, 5.74) is -3.45. The van der Waals surface area contributed by atoms with Crippen LogP contribution in [0.1, 0.15) is 35.6 Å². The van der Waals surface area contributed by atoms with E-state index in [1.165, 1.54) is 0 Å². The molecule has 2 N–H and O–H groups in total. The van der Waals surface area contributed by atoms with Gasteiger partial charge in [0.25, 0.3) is 5.91 Å². The van der Waals surface area contributed by atoms with Crippen molar-refractivity contribution in [2.45, 2.75) is 37.3 Å². The number of hydrazine groups is 1. The maximum atomic E-state index is 13.6. The standard InChI is InChI=1S/C23H23ClF6N4O/c24-19-6-2-1-5-18(19)20(33-9-8-32-7-3-4-16(32)13-33)21(35)34(31)17-11-14(22(25,26)27)10-15(12-17)23(28,29)30/h1-2,5-6,10-12,16,20H,3-4,7-9,13,31H2/t16-,20?/m1/s1. The van der Waals surface area contributed by atoms with Crippen LogP contribution in [0.15, 0.2) is 42.5 Å². The smallest absolute Gasteiger partial charge is 0.298 e. The Morgan fingerprint density at radius 1 is 1.00 bits per heavy atom. The van der Waals surface area contributed by atoms with Crippen molar-refractivity contribution in [3.63, 3.8) is 0 Å². The third kappa shape index (κ3) is 5.42. The van der Waals surface area contributed by atoms with E-state index < -0.39 is 41.1 Å². The van der Waals surface area contributed by atoms with E-state index in [0.29, 0.717) is 42.3 Å². The van der Waals surface area contributed by atoms with Gasteiger partial charge in [0.15, 0.2) is 0 Å². The van der Waals surface area contributed by atoms with E-state index in [4.69, 9.17) is 17.4 Å². The SMILES string of the molecule is NN(C(=O)C(c1ccccc1Cl)N1CCN2CCC[C@@H]2C1)c1cc(C(F)(F)F)cc(C(F)(F)F)c1. The average molecular weight is 521 g/mol. The number of anilines is 1. The van der Waals surface area contributed by atoms with Crippen LogP contribution in [0.4, 0.5) is 32.0 Å². The van der Waals surface area contributed by atoms with Crippen molar-refractivity contribution in [2.24, 2.45) is 5.84 Å². The van der Waals surface area contributed by atoms with E-state index in [0.717, 1.165) is 19.4 Å². The molecule has 190 valence electrons. The molecule has 0 aliphatic carbocycles. The second kappa shape index (κ2) is 9.61. The largest absolute Gasteiger partial charge is 0.416 e. The van der Waals surface area contributed by atoms with Gasteiger partial charge in [0, 0.05) is 30.7 Å². The summed E-state index contributed by atoms with van der Waals surface area (Å²) in [5, 5.41) is 0.604. The number of fused-ring (bicyclic) bond motifs is 1. The van der Waals surface area contributed by atoms with Crippen LogP contribution < -0.4 is 10.9 Å². The second-order valence-electron chi connectivity index (χ2n) is 8.72. The Labute approximate surface area is 203 Å². The zero-order valence-corrected chi connectivity index (χ0v) is 19.2. The normalized spacial score (nSPS) is 20.5. The first-order valence-corrected chi connectivity index (χ1v) is 11.3. The molecule has 1 amide bonds. The number of hydrogen-bond acceptors (Lipinski definition) is 4. The molecule has 0 radical (unpaired) electrons. The zero-order valence-electron chi connectivity index (χ0n) is 18.4. The fraction of sp³-hybridized carbons (Fsp3) is 0.435. The van der Waals surface area contributed by atoms with Crippen LogP contribution >= 0.6 is 11.6 Å². The summed E-state index contributed by atoms with van der Waals surface area (Å²) in [7, 11) is 0. The molecule has 12 heteroatoms. The van der Waals surface area contributed by atoms with Crippen molar-refractivity contribution in [1.82, 2.24) is 9.80 Å². The molecule has 0 saturated carbocycles. The van der Waals surface area contributed by atoms with Gasteiger partial charge in [0.1, 0.15) is 6.04 Å². The van der Waals surface area contributed by atoms with Gasteiger partial charge < -0.3 is 0 Å². The molecule has 0 aromatic heterocycles. The van der Waals surface area contributed by atoms with Crippen molar-refractivity contribution in [3.05, 3.63) is 64.2 Å². The van der Waals surface area contributed by atoms with Gasteiger partial charge in [-0.05, 0) is 49.2 Å². The highest BCUT2D eigenvalue weighted by atomic mass is 35.5. The summed E-state index contributed by atoms with van der Waals surface area (Å²) in [6.45, 7) is 2.57. The Balaban J connectivity index is 1.74. The molecule has 2 atom stereocenters. The van der Waals surface area contributed by atoms with Crippen molar-refractivity contribution >= 4 is 23.2 Å². The van der Waals surface area contributed by atoms with Gasteiger partial charge in [-0.2, -0.15) is 26.3 Å². The lowest BCUT2D eigenvalue weighted by molar-refractivity contribution is -0.143. The topological polar surface area (TPSA) is 52.8 Å². The maximum absolute atomic E-state index is 13.6. The van der Waals surface area contributed by atoms with Gasteiger partial charge >= 0.3 is 12.4 Å². The highest BCUT2D eigenvalue weighted by molar-refractivity contribution is 6.31. The molecule has 2 fully saturated rings. The Kier molecular flexibility index (Phi) is 7.07. The van der Waals surface area contributed by atoms with Crippen LogP contribution in [0.25, 0.3) is 0 Å². The number of carbonyl (C=O) groups excluding carboxylic acids is 1. The van der Waals surface area contributed by atoms with Crippen LogP contribution in [-0.4, -0.2) is 47.9 Å². The number of piperazine rings is 1. The zero-order chi connectivity index (χ0) is 25.5. The van der Waals surface area contributed by atoms with Gasteiger partial charge in [-0.1, -0.05) is 29.8 Å². The van der Waals surface area contributed by atoms with E-state index in [-0.39, 0.29) is 17.1 Å². The molecule has 0 spiro atoms. The van der Waals surface area contributed by atoms with Gasteiger partial charge in [-0.25, -0.2) is 10.9 Å². The monoisotopic (exact) mass is 520 g/mol. The quantitative estimate of drug-likeness (QED) is 0.264. The molecular weight excluding hydrogens is 498 g/mol. The Morgan fingerprint density at radius 2 is 1.63 bits per heavy atom. The number of rotatable bonds is 4. The Hall–Kier alpha value is -2.34. The van der Waals surface area contributed by atoms with Gasteiger partial charge in [-0.3, -0.25) is 14.6 Å². The first-order chi connectivity index (χ1) is 16.4. The molecule has 2 aliphatic heterocycles. The molecule has 2 aliphatic rings. The number of alkyl halides is 6. The lowest BCUT2D eigenvalue weighted by atomic mass is 10.0. The average Bonchev–Trinajstić information content (AvgIpc) is 3.26. The Bertz CT molecular complexity index is 1060. The second-order valence-corrected chi connectivity index (χ2v) is 9.13. The minimum Gasteiger partial charge on any atom is -0.298 e. The van der Waals surface area contributed by atoms with Crippen LogP contribution in [-0.2, 0) is 17.1 Å². The maximum Gasteiger partial charge on any atom is 0.416 e. The number of hydrogen-bond donors (Lipinski definition) is 1. The van der Waals surface area contributed by atoms with E-state index in [2.05, 4.69) is 4.90 Å². The molecule has 0 bridgehead atoms. The van der Waals surface area contributed by atoms with Crippen LogP contribution in [0, 0.1) is 0 Å². The number of carbonyl (C=O) groups is 1. The number of amides is 1. The molecule has 2 aromatic carbocycles. The summed E-state index contributed by atoms with van der Waals surface area (Å²) in [6.07, 6.45) is -8.20. The van der Waals surface area contributed by atoms with E-state index in [1.54, 1.807) is 24.3 Å². The minimum absolute atomic E-state index is 0.00726. The number of benzene rings is 2. The highest BCUT2D eigenvalue weighted by Crippen LogP contribution is 2.39. The van der Waals surface area contributed by atoms with Crippen molar-refractivity contribution in [1.29, 1.82) is 0 Å². The molecule has 5 nitrogen and oxygen atoms in total. The first kappa shape index (κ1) is 25.7. The van der Waals surface area contributed by atoms with Crippen molar-refractivity contribution < 1.29 is 31.1 Å². The van der Waals surface area contributed by atoms with Crippen LogP contribution in [0.5, 0.6) is 0 Å². The number of halogens is 7. The third-order valence-electron chi connectivity index (χ3n) is 6.51. The van der Waals surface area contributed by atoms with E-state index in [9.17, 15) is 31.1 Å². The van der Waals surface area contributed by atoms with Gasteiger partial charge in [0.2, 0.25) is 0 Å². The molecule has 35 heavy (non-hydrogen) atoms. The van der Waals surface area contributed by atoms with Crippen LogP contribution in [0.2, 0.25) is 5.02 Å². The first-order valence-electron chi connectivity index (χ1n) is 11.0. The van der Waals surface area contributed by atoms with Gasteiger partial charge in [-0.15, -0.1) is 0 Å². The molecule has 2 saturated heterocycles. The predicted octanol–water partition coefficient (Wildman–Crippen LogP) is 5.11. The van der Waals surface area contributed by atoms with E-state index in [1.807, 2.05) is 4.90 Å². The Morgan fingerprint density at radius 3 is 2.23 bits per heavy atom.